The fourth-order valence-corrected chi connectivity index (χ4v) is 4.72. The number of carbonyl (C=O) groups is 2. The van der Waals surface area contributed by atoms with Crippen LogP contribution in [0.1, 0.15) is 16.7 Å². The molecule has 0 atom stereocenters. The Balaban J connectivity index is 1.34. The van der Waals surface area contributed by atoms with Crippen LogP contribution in [0.25, 0.3) is 6.08 Å². The van der Waals surface area contributed by atoms with Crippen molar-refractivity contribution in [3.63, 3.8) is 0 Å². The standard InChI is InChI=1S/C26H21ClN2O3S2/c1-17-21(27)8-5-9-22(17)28-24(30)16-32-20-12-10-18(11-13-20)14-23-25(31)29(26(33)34-23)15-19-6-3-2-4-7-19/h2-14H,15-16H2,1H3,(H,28,30)/b23-14-. The maximum atomic E-state index is 12.8. The molecule has 0 bridgehead atoms. The van der Waals surface area contributed by atoms with Crippen LogP contribution in [-0.4, -0.2) is 27.6 Å². The van der Waals surface area contributed by atoms with Gasteiger partial charge in [0.1, 0.15) is 10.1 Å². The first-order valence-corrected chi connectivity index (χ1v) is 12.1. The smallest absolute Gasteiger partial charge is 0.266 e. The molecule has 0 spiro atoms. The minimum Gasteiger partial charge on any atom is -0.484 e. The van der Waals surface area contributed by atoms with Gasteiger partial charge >= 0.3 is 0 Å². The van der Waals surface area contributed by atoms with Gasteiger partial charge in [-0.05, 0) is 54.0 Å². The lowest BCUT2D eigenvalue weighted by atomic mass is 10.2. The molecule has 1 saturated heterocycles. The van der Waals surface area contributed by atoms with E-state index in [4.69, 9.17) is 28.6 Å². The summed E-state index contributed by atoms with van der Waals surface area (Å²) in [6, 6.07) is 22.3. The zero-order valence-electron chi connectivity index (χ0n) is 18.3. The van der Waals surface area contributed by atoms with Gasteiger partial charge in [0, 0.05) is 10.7 Å². The van der Waals surface area contributed by atoms with E-state index in [9.17, 15) is 9.59 Å². The zero-order chi connectivity index (χ0) is 24.1. The number of anilines is 1. The minimum atomic E-state index is -0.281. The molecule has 1 N–H and O–H groups in total. The Bertz CT molecular complexity index is 1260. The van der Waals surface area contributed by atoms with Gasteiger partial charge in [-0.1, -0.05) is 84.1 Å². The molecule has 0 aliphatic carbocycles. The fourth-order valence-electron chi connectivity index (χ4n) is 3.29. The Morgan fingerprint density at radius 2 is 1.82 bits per heavy atom. The number of benzene rings is 3. The van der Waals surface area contributed by atoms with Crippen molar-refractivity contribution in [2.75, 3.05) is 11.9 Å². The van der Waals surface area contributed by atoms with Crippen LogP contribution in [0.5, 0.6) is 5.75 Å². The van der Waals surface area contributed by atoms with Crippen molar-refractivity contribution in [3.8, 4) is 5.75 Å². The fraction of sp³-hybridized carbons (Fsp3) is 0.115. The maximum absolute atomic E-state index is 12.8. The summed E-state index contributed by atoms with van der Waals surface area (Å²) < 4.78 is 6.13. The lowest BCUT2D eigenvalue weighted by Gasteiger charge is -2.14. The molecule has 0 saturated carbocycles. The molecule has 4 rings (SSSR count). The number of nitrogens with zero attached hydrogens (tertiary/aromatic N) is 1. The van der Waals surface area contributed by atoms with Gasteiger partial charge in [0.2, 0.25) is 0 Å². The quantitative estimate of drug-likeness (QED) is 0.310. The van der Waals surface area contributed by atoms with Crippen molar-refractivity contribution in [1.82, 2.24) is 4.90 Å². The molecule has 5 nitrogen and oxygen atoms in total. The average Bonchev–Trinajstić information content (AvgIpc) is 3.09. The Morgan fingerprint density at radius 3 is 2.56 bits per heavy atom. The largest absolute Gasteiger partial charge is 0.484 e. The lowest BCUT2D eigenvalue weighted by Crippen LogP contribution is -2.27. The number of hydrogen-bond acceptors (Lipinski definition) is 5. The highest BCUT2D eigenvalue weighted by molar-refractivity contribution is 8.26. The number of thiocarbonyl (C=S) groups is 1. The van der Waals surface area contributed by atoms with Crippen molar-refractivity contribution < 1.29 is 14.3 Å². The topological polar surface area (TPSA) is 58.6 Å². The second kappa shape index (κ2) is 10.9. The van der Waals surface area contributed by atoms with Crippen molar-refractivity contribution in [2.24, 2.45) is 0 Å². The molecule has 2 amide bonds. The summed E-state index contributed by atoms with van der Waals surface area (Å²) in [6.45, 7) is 2.16. The van der Waals surface area contributed by atoms with E-state index in [1.54, 1.807) is 35.2 Å². The highest BCUT2D eigenvalue weighted by atomic mass is 35.5. The first kappa shape index (κ1) is 24.0. The van der Waals surface area contributed by atoms with Gasteiger partial charge < -0.3 is 10.1 Å². The highest BCUT2D eigenvalue weighted by Crippen LogP contribution is 2.33. The Labute approximate surface area is 212 Å². The molecule has 172 valence electrons. The van der Waals surface area contributed by atoms with Gasteiger partial charge in [-0.3, -0.25) is 14.5 Å². The molecule has 1 heterocycles. The Morgan fingerprint density at radius 1 is 1.09 bits per heavy atom. The highest BCUT2D eigenvalue weighted by Gasteiger charge is 2.31. The van der Waals surface area contributed by atoms with E-state index in [1.807, 2.05) is 55.5 Å². The number of rotatable bonds is 7. The third kappa shape index (κ3) is 5.86. The zero-order valence-corrected chi connectivity index (χ0v) is 20.7. The second-order valence-corrected chi connectivity index (χ2v) is 9.65. The van der Waals surface area contributed by atoms with E-state index in [1.165, 1.54) is 11.8 Å². The number of ether oxygens (including phenoxy) is 1. The normalized spacial score (nSPS) is 14.5. The summed E-state index contributed by atoms with van der Waals surface area (Å²) in [5.41, 5.74) is 3.32. The van der Waals surface area contributed by atoms with Gasteiger partial charge in [-0.25, -0.2) is 0 Å². The first-order valence-electron chi connectivity index (χ1n) is 10.5. The Hall–Kier alpha value is -3.13. The van der Waals surface area contributed by atoms with E-state index in [2.05, 4.69) is 5.32 Å². The van der Waals surface area contributed by atoms with E-state index in [-0.39, 0.29) is 18.4 Å². The summed E-state index contributed by atoms with van der Waals surface area (Å²) in [4.78, 5) is 27.3. The first-order chi connectivity index (χ1) is 16.4. The summed E-state index contributed by atoms with van der Waals surface area (Å²) in [7, 11) is 0. The predicted octanol–water partition coefficient (Wildman–Crippen LogP) is 6.07. The molecule has 3 aromatic rings. The molecule has 0 aromatic heterocycles. The van der Waals surface area contributed by atoms with Crippen LogP contribution in [0.15, 0.2) is 77.7 Å². The SMILES string of the molecule is Cc1c(Cl)cccc1NC(=O)COc1ccc(/C=C2\SC(=S)N(Cc3ccccc3)C2=O)cc1. The van der Waals surface area contributed by atoms with E-state index >= 15 is 0 Å². The third-order valence-corrected chi connectivity index (χ3v) is 6.93. The van der Waals surface area contributed by atoms with Gasteiger partial charge in [-0.2, -0.15) is 0 Å². The molecule has 0 unspecified atom stereocenters. The van der Waals surface area contributed by atoms with Crippen molar-refractivity contribution in [2.45, 2.75) is 13.5 Å². The monoisotopic (exact) mass is 508 g/mol. The third-order valence-electron chi connectivity index (χ3n) is 5.15. The lowest BCUT2D eigenvalue weighted by molar-refractivity contribution is -0.122. The number of halogens is 1. The summed E-state index contributed by atoms with van der Waals surface area (Å²) in [5, 5.41) is 3.39. The van der Waals surface area contributed by atoms with E-state index < -0.39 is 0 Å². The average molecular weight is 509 g/mol. The van der Waals surface area contributed by atoms with Gasteiger partial charge in [0.05, 0.1) is 11.4 Å². The number of amides is 2. The number of nitrogens with one attached hydrogen (secondary N) is 1. The summed E-state index contributed by atoms with van der Waals surface area (Å²) >= 11 is 12.8. The summed E-state index contributed by atoms with van der Waals surface area (Å²) in [5.74, 6) is 0.162. The predicted molar refractivity (Wildman–Crippen MR) is 142 cm³/mol. The number of carbonyl (C=O) groups excluding carboxylic acids is 2. The molecule has 0 radical (unpaired) electrons. The van der Waals surface area contributed by atoms with Gasteiger partial charge in [0.25, 0.3) is 11.8 Å². The van der Waals surface area contributed by atoms with Crippen molar-refractivity contribution in [3.05, 3.63) is 99.4 Å². The van der Waals surface area contributed by atoms with Crippen LogP contribution in [0.3, 0.4) is 0 Å². The van der Waals surface area contributed by atoms with Crippen LogP contribution in [0, 0.1) is 6.92 Å². The molecule has 34 heavy (non-hydrogen) atoms. The summed E-state index contributed by atoms with van der Waals surface area (Å²) in [6.07, 6.45) is 1.81. The van der Waals surface area contributed by atoms with Crippen LogP contribution >= 0.6 is 35.6 Å². The number of hydrogen-bond donors (Lipinski definition) is 1. The van der Waals surface area contributed by atoms with Crippen molar-refractivity contribution >= 4 is 63.5 Å². The van der Waals surface area contributed by atoms with E-state index in [0.717, 1.165) is 16.7 Å². The molecule has 1 fully saturated rings. The second-order valence-electron chi connectivity index (χ2n) is 7.57. The number of thioether (sulfide) groups is 1. The van der Waals surface area contributed by atoms with E-state index in [0.29, 0.717) is 32.2 Å². The van der Waals surface area contributed by atoms with Crippen LogP contribution in [-0.2, 0) is 16.1 Å². The minimum absolute atomic E-state index is 0.104. The van der Waals surface area contributed by atoms with Gasteiger partial charge in [0.15, 0.2) is 6.61 Å². The molecule has 3 aromatic carbocycles. The van der Waals surface area contributed by atoms with Gasteiger partial charge in [-0.15, -0.1) is 0 Å². The molecule has 8 heteroatoms. The van der Waals surface area contributed by atoms with Crippen LogP contribution < -0.4 is 10.1 Å². The molecule has 1 aliphatic rings. The van der Waals surface area contributed by atoms with Crippen molar-refractivity contribution in [1.29, 1.82) is 0 Å². The van der Waals surface area contributed by atoms with Crippen LogP contribution in [0.4, 0.5) is 5.69 Å². The molecular formula is C26H21ClN2O3S2. The molecular weight excluding hydrogens is 488 g/mol. The van der Waals surface area contributed by atoms with Crippen LogP contribution in [0.2, 0.25) is 5.02 Å². The molecule has 1 aliphatic heterocycles. The Kier molecular flexibility index (Phi) is 7.67. The maximum Gasteiger partial charge on any atom is 0.266 e.